The van der Waals surface area contributed by atoms with Gasteiger partial charge in [0.1, 0.15) is 5.75 Å². The standard InChI is InChI=1S/C10H18O3.C10H14O/c1-4-10(2,3)9(11)13-8-6-5-7-12-8;1-3-8(2)9-4-6-10(11)7-5-9/h8H,4-7H2,1-3H3;4-8,11H,3H2,1-2H3. The molecular formula is C20H32O4. The number of carbonyl (C=O) groups is 1. The largest absolute Gasteiger partial charge is 0.508 e. The van der Waals surface area contributed by atoms with Gasteiger partial charge in [0.05, 0.1) is 12.0 Å². The Bertz CT molecular complexity index is 487. The van der Waals surface area contributed by atoms with Crippen LogP contribution in [0.25, 0.3) is 0 Å². The summed E-state index contributed by atoms with van der Waals surface area (Å²) in [4.78, 5) is 11.5. The SMILES string of the molecule is CCC(C)(C)C(=O)OC1CCCO1.CCC(C)c1ccc(O)cc1. The Morgan fingerprint density at radius 1 is 1.33 bits per heavy atom. The highest BCUT2D eigenvalue weighted by Crippen LogP contribution is 2.24. The first kappa shape index (κ1) is 20.5. The third-order valence-electron chi connectivity index (χ3n) is 4.64. The molecule has 1 aliphatic rings. The minimum Gasteiger partial charge on any atom is -0.508 e. The lowest BCUT2D eigenvalue weighted by Crippen LogP contribution is -2.29. The molecule has 0 aliphatic carbocycles. The quantitative estimate of drug-likeness (QED) is 0.768. The van der Waals surface area contributed by atoms with Gasteiger partial charge in [0.25, 0.3) is 0 Å². The Morgan fingerprint density at radius 3 is 2.42 bits per heavy atom. The summed E-state index contributed by atoms with van der Waals surface area (Å²) in [7, 11) is 0. The molecule has 0 amide bonds. The van der Waals surface area contributed by atoms with Crippen molar-refractivity contribution >= 4 is 5.97 Å². The zero-order chi connectivity index (χ0) is 18.2. The molecule has 2 unspecified atom stereocenters. The van der Waals surface area contributed by atoms with E-state index in [0.717, 1.165) is 25.7 Å². The van der Waals surface area contributed by atoms with Crippen molar-refractivity contribution in [3.05, 3.63) is 29.8 Å². The first-order valence-electron chi connectivity index (χ1n) is 8.91. The van der Waals surface area contributed by atoms with Crippen LogP contribution in [0.5, 0.6) is 5.75 Å². The molecule has 136 valence electrons. The van der Waals surface area contributed by atoms with Crippen molar-refractivity contribution < 1.29 is 19.4 Å². The number of rotatable bonds is 5. The van der Waals surface area contributed by atoms with Gasteiger partial charge in [-0.2, -0.15) is 0 Å². The summed E-state index contributed by atoms with van der Waals surface area (Å²) >= 11 is 0. The summed E-state index contributed by atoms with van der Waals surface area (Å²) in [6.07, 6.45) is 3.47. The van der Waals surface area contributed by atoms with Gasteiger partial charge < -0.3 is 14.6 Å². The number of aromatic hydroxyl groups is 1. The van der Waals surface area contributed by atoms with Crippen LogP contribution in [0.2, 0.25) is 0 Å². The molecule has 1 aromatic rings. The van der Waals surface area contributed by atoms with Gasteiger partial charge in [0, 0.05) is 6.42 Å². The number of esters is 1. The van der Waals surface area contributed by atoms with Crippen molar-refractivity contribution in [2.45, 2.75) is 72.5 Å². The fourth-order valence-electron chi connectivity index (χ4n) is 2.10. The summed E-state index contributed by atoms with van der Waals surface area (Å²) in [5.74, 6) is 0.787. The molecule has 2 rings (SSSR count). The van der Waals surface area contributed by atoms with E-state index in [1.165, 1.54) is 5.56 Å². The number of hydrogen-bond acceptors (Lipinski definition) is 4. The summed E-state index contributed by atoms with van der Waals surface area (Å²) in [6.45, 7) is 10.8. The van der Waals surface area contributed by atoms with Crippen LogP contribution >= 0.6 is 0 Å². The van der Waals surface area contributed by atoms with Crippen LogP contribution in [-0.2, 0) is 14.3 Å². The highest BCUT2D eigenvalue weighted by Gasteiger charge is 2.30. The predicted octanol–water partition coefficient (Wildman–Crippen LogP) is 5.01. The number of benzene rings is 1. The van der Waals surface area contributed by atoms with E-state index in [1.54, 1.807) is 12.1 Å². The van der Waals surface area contributed by atoms with Crippen LogP contribution in [0.1, 0.15) is 71.8 Å². The maximum absolute atomic E-state index is 11.5. The molecule has 0 spiro atoms. The van der Waals surface area contributed by atoms with E-state index in [4.69, 9.17) is 14.6 Å². The lowest BCUT2D eigenvalue weighted by Gasteiger charge is -2.22. The maximum Gasteiger partial charge on any atom is 0.313 e. The van der Waals surface area contributed by atoms with E-state index in [2.05, 4.69) is 13.8 Å². The van der Waals surface area contributed by atoms with Crippen LogP contribution in [-0.4, -0.2) is 24.0 Å². The number of phenolic OH excluding ortho intramolecular Hbond substituents is 1. The third-order valence-corrected chi connectivity index (χ3v) is 4.64. The molecule has 4 nitrogen and oxygen atoms in total. The Labute approximate surface area is 146 Å². The van der Waals surface area contributed by atoms with Crippen molar-refractivity contribution in [2.75, 3.05) is 6.61 Å². The average molecular weight is 336 g/mol. The lowest BCUT2D eigenvalue weighted by molar-refractivity contribution is -0.180. The minimum atomic E-state index is -0.383. The monoisotopic (exact) mass is 336 g/mol. The van der Waals surface area contributed by atoms with E-state index in [-0.39, 0.29) is 17.7 Å². The van der Waals surface area contributed by atoms with E-state index in [9.17, 15) is 4.79 Å². The number of hydrogen-bond donors (Lipinski definition) is 1. The Balaban J connectivity index is 0.000000243. The van der Waals surface area contributed by atoms with Crippen molar-refractivity contribution in [3.8, 4) is 5.75 Å². The van der Waals surface area contributed by atoms with Crippen molar-refractivity contribution in [1.82, 2.24) is 0 Å². The second-order valence-electron chi connectivity index (χ2n) is 6.99. The normalized spacial score (nSPS) is 18.5. The molecule has 0 bridgehead atoms. The van der Waals surface area contributed by atoms with Gasteiger partial charge in [-0.05, 0) is 56.7 Å². The van der Waals surface area contributed by atoms with Gasteiger partial charge in [0.15, 0.2) is 0 Å². The van der Waals surface area contributed by atoms with Crippen molar-refractivity contribution in [1.29, 1.82) is 0 Å². The summed E-state index contributed by atoms with van der Waals surface area (Å²) < 4.78 is 10.4. The zero-order valence-corrected chi connectivity index (χ0v) is 15.7. The second-order valence-corrected chi connectivity index (χ2v) is 6.99. The minimum absolute atomic E-state index is 0.151. The van der Waals surface area contributed by atoms with Crippen LogP contribution in [0.4, 0.5) is 0 Å². The molecule has 24 heavy (non-hydrogen) atoms. The molecule has 1 aliphatic heterocycles. The number of carbonyl (C=O) groups excluding carboxylic acids is 1. The molecule has 0 radical (unpaired) electrons. The molecule has 1 fully saturated rings. The van der Waals surface area contributed by atoms with E-state index < -0.39 is 0 Å². The van der Waals surface area contributed by atoms with Gasteiger partial charge in [-0.15, -0.1) is 0 Å². The maximum atomic E-state index is 11.5. The van der Waals surface area contributed by atoms with Crippen LogP contribution in [0, 0.1) is 5.41 Å². The molecule has 0 aromatic heterocycles. The van der Waals surface area contributed by atoms with Crippen LogP contribution in [0.15, 0.2) is 24.3 Å². The van der Waals surface area contributed by atoms with Gasteiger partial charge in [-0.3, -0.25) is 4.79 Å². The third kappa shape index (κ3) is 6.52. The van der Waals surface area contributed by atoms with Gasteiger partial charge in [-0.1, -0.05) is 32.9 Å². The molecule has 1 heterocycles. The van der Waals surface area contributed by atoms with Gasteiger partial charge in [-0.25, -0.2) is 0 Å². The molecule has 1 N–H and O–H groups in total. The van der Waals surface area contributed by atoms with Gasteiger partial charge in [0.2, 0.25) is 6.29 Å². The smallest absolute Gasteiger partial charge is 0.313 e. The summed E-state index contributed by atoms with van der Waals surface area (Å²) in [5.41, 5.74) is 0.914. The molecule has 2 atom stereocenters. The molecule has 0 saturated carbocycles. The Kier molecular flexibility index (Phi) is 8.26. The van der Waals surface area contributed by atoms with Crippen molar-refractivity contribution in [2.24, 2.45) is 5.41 Å². The van der Waals surface area contributed by atoms with Crippen LogP contribution in [0.3, 0.4) is 0 Å². The molecule has 1 saturated heterocycles. The highest BCUT2D eigenvalue weighted by atomic mass is 16.7. The highest BCUT2D eigenvalue weighted by molar-refractivity contribution is 5.75. The van der Waals surface area contributed by atoms with E-state index in [0.29, 0.717) is 18.3 Å². The Morgan fingerprint density at radius 2 is 1.96 bits per heavy atom. The fraction of sp³-hybridized carbons (Fsp3) is 0.650. The fourth-order valence-corrected chi connectivity index (χ4v) is 2.10. The zero-order valence-electron chi connectivity index (χ0n) is 15.7. The number of phenols is 1. The topological polar surface area (TPSA) is 55.8 Å². The van der Waals surface area contributed by atoms with E-state index >= 15 is 0 Å². The average Bonchev–Trinajstić information content (AvgIpc) is 3.08. The van der Waals surface area contributed by atoms with Crippen molar-refractivity contribution in [3.63, 3.8) is 0 Å². The molecule has 4 heteroatoms. The second kappa shape index (κ2) is 9.67. The first-order chi connectivity index (χ1) is 11.3. The van der Waals surface area contributed by atoms with E-state index in [1.807, 2.05) is 32.9 Å². The molecule has 1 aromatic carbocycles. The van der Waals surface area contributed by atoms with Crippen LogP contribution < -0.4 is 0 Å². The number of ether oxygens (including phenoxy) is 2. The molecular weight excluding hydrogens is 304 g/mol. The first-order valence-corrected chi connectivity index (χ1v) is 8.91. The summed E-state index contributed by atoms with van der Waals surface area (Å²) in [6, 6.07) is 7.43. The Hall–Kier alpha value is -1.55. The lowest BCUT2D eigenvalue weighted by atomic mass is 9.91. The summed E-state index contributed by atoms with van der Waals surface area (Å²) in [5, 5.41) is 9.01. The van der Waals surface area contributed by atoms with Gasteiger partial charge >= 0.3 is 5.97 Å². The predicted molar refractivity (Wildman–Crippen MR) is 96.0 cm³/mol.